The molecule has 7 heteroatoms. The monoisotopic (exact) mass is 293 g/mol. The van der Waals surface area contributed by atoms with Gasteiger partial charge in [-0.2, -0.15) is 5.10 Å². The van der Waals surface area contributed by atoms with Crippen LogP contribution >= 0.6 is 11.6 Å². The molecule has 2 aromatic heterocycles. The van der Waals surface area contributed by atoms with Crippen molar-refractivity contribution in [3.63, 3.8) is 0 Å². The van der Waals surface area contributed by atoms with Crippen LogP contribution < -0.4 is 5.32 Å². The Balaban J connectivity index is 2.17. The molecule has 0 atom stereocenters. The topological polar surface area (TPSA) is 63.1 Å². The van der Waals surface area contributed by atoms with Crippen molar-refractivity contribution in [2.24, 2.45) is 7.05 Å². The number of hydrogen-bond donors (Lipinski definition) is 1. The first-order valence-corrected chi connectivity index (χ1v) is 6.45. The van der Waals surface area contributed by atoms with E-state index < -0.39 is 0 Å². The maximum Gasteiger partial charge on any atom is 0.255 e. The Morgan fingerprint density at radius 1 is 1.50 bits per heavy atom. The Kier molecular flexibility index (Phi) is 4.24. The maximum absolute atomic E-state index is 12.4. The smallest absolute Gasteiger partial charge is 0.255 e. The van der Waals surface area contributed by atoms with E-state index in [9.17, 15) is 4.79 Å². The Bertz CT molecular complexity index is 625. The number of nitrogens with one attached hydrogen (secondary N) is 1. The molecule has 1 amide bonds. The van der Waals surface area contributed by atoms with Crippen LogP contribution in [0.25, 0.3) is 0 Å². The standard InChI is InChI=1S/C13H16ClN5O/c1-15-12-4-10(11(14)6-16-12)13(20)18(2)7-9-5-17-19(3)8-9/h4-6,8H,7H2,1-3H3,(H,15,16). The van der Waals surface area contributed by atoms with E-state index in [4.69, 9.17) is 11.6 Å². The summed E-state index contributed by atoms with van der Waals surface area (Å²) in [4.78, 5) is 18.1. The van der Waals surface area contributed by atoms with Gasteiger partial charge in [0, 0.05) is 45.6 Å². The molecule has 6 nitrogen and oxygen atoms in total. The maximum atomic E-state index is 12.4. The highest BCUT2D eigenvalue weighted by Gasteiger charge is 2.17. The molecule has 20 heavy (non-hydrogen) atoms. The zero-order valence-corrected chi connectivity index (χ0v) is 12.3. The van der Waals surface area contributed by atoms with Gasteiger partial charge in [-0.05, 0) is 6.07 Å². The lowest BCUT2D eigenvalue weighted by Gasteiger charge is -2.17. The van der Waals surface area contributed by atoms with Crippen molar-refractivity contribution >= 4 is 23.3 Å². The molecule has 2 rings (SSSR count). The first-order chi connectivity index (χ1) is 9.51. The summed E-state index contributed by atoms with van der Waals surface area (Å²) in [6, 6.07) is 1.64. The molecule has 0 aromatic carbocycles. The average molecular weight is 294 g/mol. The Morgan fingerprint density at radius 2 is 2.25 bits per heavy atom. The summed E-state index contributed by atoms with van der Waals surface area (Å²) in [6.07, 6.45) is 5.08. The predicted octanol–water partition coefficient (Wildman–Crippen LogP) is 1.78. The SMILES string of the molecule is CNc1cc(C(=O)N(C)Cc2cnn(C)c2)c(Cl)cn1. The molecule has 2 heterocycles. The van der Waals surface area contributed by atoms with Crippen LogP contribution in [0.4, 0.5) is 5.82 Å². The zero-order valence-electron chi connectivity index (χ0n) is 11.6. The fourth-order valence-electron chi connectivity index (χ4n) is 1.84. The summed E-state index contributed by atoms with van der Waals surface area (Å²) < 4.78 is 1.70. The van der Waals surface area contributed by atoms with Gasteiger partial charge in [-0.15, -0.1) is 0 Å². The summed E-state index contributed by atoms with van der Waals surface area (Å²) >= 11 is 6.04. The van der Waals surface area contributed by atoms with Crippen molar-refractivity contribution in [1.29, 1.82) is 0 Å². The normalized spacial score (nSPS) is 10.4. The van der Waals surface area contributed by atoms with Gasteiger partial charge in [0.15, 0.2) is 0 Å². The number of carbonyl (C=O) groups is 1. The fourth-order valence-corrected chi connectivity index (χ4v) is 2.03. The molecule has 0 saturated carbocycles. The van der Waals surface area contributed by atoms with E-state index in [1.165, 1.54) is 6.20 Å². The van der Waals surface area contributed by atoms with Crippen LogP contribution in [0.3, 0.4) is 0 Å². The van der Waals surface area contributed by atoms with Crippen molar-refractivity contribution in [3.8, 4) is 0 Å². The second kappa shape index (κ2) is 5.92. The number of aryl methyl sites for hydroxylation is 1. The molecule has 0 unspecified atom stereocenters. The third kappa shape index (κ3) is 3.08. The highest BCUT2D eigenvalue weighted by atomic mass is 35.5. The number of rotatable bonds is 4. The molecule has 106 valence electrons. The molecule has 0 bridgehead atoms. The Labute approximate surface area is 122 Å². The molecule has 0 aliphatic rings. The van der Waals surface area contributed by atoms with E-state index in [2.05, 4.69) is 15.4 Å². The predicted molar refractivity (Wildman–Crippen MR) is 77.8 cm³/mol. The van der Waals surface area contributed by atoms with Gasteiger partial charge in [-0.1, -0.05) is 11.6 Å². The van der Waals surface area contributed by atoms with Gasteiger partial charge < -0.3 is 10.2 Å². The minimum absolute atomic E-state index is 0.155. The molecule has 0 fully saturated rings. The van der Waals surface area contributed by atoms with Crippen LogP contribution in [0, 0.1) is 0 Å². The van der Waals surface area contributed by atoms with Crippen LogP contribution in [0.2, 0.25) is 5.02 Å². The lowest BCUT2D eigenvalue weighted by atomic mass is 10.2. The van der Waals surface area contributed by atoms with E-state index >= 15 is 0 Å². The first kappa shape index (κ1) is 14.3. The summed E-state index contributed by atoms with van der Waals surface area (Å²) in [5, 5.41) is 7.31. The molecule has 0 spiro atoms. The molecule has 0 radical (unpaired) electrons. The number of halogens is 1. The van der Waals surface area contributed by atoms with Crippen molar-refractivity contribution in [1.82, 2.24) is 19.7 Å². The molecule has 1 N–H and O–H groups in total. The molecular weight excluding hydrogens is 278 g/mol. The van der Waals surface area contributed by atoms with Crippen LogP contribution in [0.1, 0.15) is 15.9 Å². The van der Waals surface area contributed by atoms with E-state index in [1.807, 2.05) is 13.2 Å². The minimum Gasteiger partial charge on any atom is -0.373 e. The van der Waals surface area contributed by atoms with E-state index in [1.54, 1.807) is 35.9 Å². The fraction of sp³-hybridized carbons (Fsp3) is 0.308. The number of aromatic nitrogens is 3. The lowest BCUT2D eigenvalue weighted by Crippen LogP contribution is -2.26. The highest BCUT2D eigenvalue weighted by molar-refractivity contribution is 6.33. The highest BCUT2D eigenvalue weighted by Crippen LogP contribution is 2.20. The van der Waals surface area contributed by atoms with Crippen molar-refractivity contribution in [2.45, 2.75) is 6.54 Å². The lowest BCUT2D eigenvalue weighted by molar-refractivity contribution is 0.0785. The van der Waals surface area contributed by atoms with Crippen LogP contribution in [-0.4, -0.2) is 39.7 Å². The van der Waals surface area contributed by atoms with Crippen LogP contribution in [-0.2, 0) is 13.6 Å². The van der Waals surface area contributed by atoms with E-state index in [-0.39, 0.29) is 5.91 Å². The third-order valence-electron chi connectivity index (χ3n) is 2.87. The zero-order chi connectivity index (χ0) is 14.7. The summed E-state index contributed by atoms with van der Waals surface area (Å²) in [6.45, 7) is 0.472. The molecule has 2 aromatic rings. The quantitative estimate of drug-likeness (QED) is 0.933. The number of carbonyl (C=O) groups excluding carboxylic acids is 1. The second-order valence-electron chi connectivity index (χ2n) is 4.48. The molecular formula is C13H16ClN5O. The van der Waals surface area contributed by atoms with Crippen molar-refractivity contribution in [3.05, 3.63) is 40.8 Å². The van der Waals surface area contributed by atoms with Gasteiger partial charge in [0.1, 0.15) is 5.82 Å². The first-order valence-electron chi connectivity index (χ1n) is 6.07. The second-order valence-corrected chi connectivity index (χ2v) is 4.89. The number of amides is 1. The summed E-state index contributed by atoms with van der Waals surface area (Å²) in [7, 11) is 5.30. The minimum atomic E-state index is -0.155. The Hall–Kier alpha value is -2.08. The van der Waals surface area contributed by atoms with Gasteiger partial charge in [-0.25, -0.2) is 4.98 Å². The molecule has 0 aliphatic heterocycles. The van der Waals surface area contributed by atoms with E-state index in [0.29, 0.717) is 22.9 Å². The number of nitrogens with zero attached hydrogens (tertiary/aromatic N) is 4. The number of hydrogen-bond acceptors (Lipinski definition) is 4. The van der Waals surface area contributed by atoms with Crippen LogP contribution in [0.5, 0.6) is 0 Å². The third-order valence-corrected chi connectivity index (χ3v) is 3.17. The van der Waals surface area contributed by atoms with Gasteiger partial charge >= 0.3 is 0 Å². The van der Waals surface area contributed by atoms with E-state index in [0.717, 1.165) is 5.56 Å². The molecule has 0 saturated heterocycles. The van der Waals surface area contributed by atoms with Gasteiger partial charge in [0.2, 0.25) is 0 Å². The van der Waals surface area contributed by atoms with Crippen molar-refractivity contribution < 1.29 is 4.79 Å². The van der Waals surface area contributed by atoms with Gasteiger partial charge in [-0.3, -0.25) is 9.48 Å². The Morgan fingerprint density at radius 3 is 2.85 bits per heavy atom. The molecule has 0 aliphatic carbocycles. The number of anilines is 1. The number of pyridine rings is 1. The summed E-state index contributed by atoms with van der Waals surface area (Å²) in [5.41, 5.74) is 1.39. The van der Waals surface area contributed by atoms with Crippen LogP contribution in [0.15, 0.2) is 24.7 Å². The largest absolute Gasteiger partial charge is 0.373 e. The average Bonchev–Trinajstić information content (AvgIpc) is 2.84. The van der Waals surface area contributed by atoms with Gasteiger partial charge in [0.25, 0.3) is 5.91 Å². The van der Waals surface area contributed by atoms with Crippen molar-refractivity contribution in [2.75, 3.05) is 19.4 Å². The van der Waals surface area contributed by atoms with Gasteiger partial charge in [0.05, 0.1) is 16.8 Å². The summed E-state index contributed by atoms with van der Waals surface area (Å²) in [5.74, 6) is 0.449.